The van der Waals surface area contributed by atoms with Gasteiger partial charge in [-0.15, -0.1) is 0 Å². The van der Waals surface area contributed by atoms with Crippen LogP contribution in [0.1, 0.15) is 25.3 Å². The van der Waals surface area contributed by atoms with E-state index in [0.717, 1.165) is 22.0 Å². The Balaban J connectivity index is 1.99. The molecule has 0 aliphatic rings. The number of amides is 2. The Labute approximate surface area is 156 Å². The highest BCUT2D eigenvalue weighted by atomic mass is 79.9. The molecule has 9 heteroatoms. The molecular formula is C16H16BrF2N3O2S. The summed E-state index contributed by atoms with van der Waals surface area (Å²) in [7, 11) is 0. The molecule has 0 saturated heterocycles. The van der Waals surface area contributed by atoms with Crippen molar-refractivity contribution in [2.24, 2.45) is 0 Å². The van der Waals surface area contributed by atoms with E-state index in [4.69, 9.17) is 0 Å². The fraction of sp³-hybridized carbons (Fsp3) is 0.312. The van der Waals surface area contributed by atoms with Gasteiger partial charge in [-0.2, -0.15) is 0 Å². The van der Waals surface area contributed by atoms with Crippen LogP contribution in [0.3, 0.4) is 0 Å². The Kier molecular flexibility index (Phi) is 7.01. The van der Waals surface area contributed by atoms with Crippen molar-refractivity contribution in [3.8, 4) is 0 Å². The number of hydrogen-bond acceptors (Lipinski definition) is 4. The minimum Gasteiger partial charge on any atom is -0.344 e. The van der Waals surface area contributed by atoms with Gasteiger partial charge < -0.3 is 10.6 Å². The number of nitrogens with zero attached hydrogens (tertiary/aromatic N) is 1. The molecular weight excluding hydrogens is 416 g/mol. The largest absolute Gasteiger partial charge is 0.344 e. The number of benzene rings is 1. The Morgan fingerprint density at radius 1 is 1.28 bits per heavy atom. The molecule has 0 spiro atoms. The third-order valence-corrected chi connectivity index (χ3v) is 4.62. The molecule has 2 aromatic rings. The number of anilines is 1. The molecule has 1 aromatic carbocycles. The van der Waals surface area contributed by atoms with Gasteiger partial charge in [-0.25, -0.2) is 13.8 Å². The van der Waals surface area contributed by atoms with Gasteiger partial charge >= 0.3 is 0 Å². The summed E-state index contributed by atoms with van der Waals surface area (Å²) in [6.07, 6.45) is 2.45. The van der Waals surface area contributed by atoms with Crippen molar-refractivity contribution in [1.29, 1.82) is 0 Å². The number of rotatable bonds is 7. The number of aromatic nitrogens is 1. The van der Waals surface area contributed by atoms with Gasteiger partial charge in [0, 0.05) is 6.07 Å². The predicted octanol–water partition coefficient (Wildman–Crippen LogP) is 3.65. The van der Waals surface area contributed by atoms with Gasteiger partial charge in [0.25, 0.3) is 0 Å². The number of hydrogen-bond donors (Lipinski definition) is 2. The zero-order valence-electron chi connectivity index (χ0n) is 13.3. The van der Waals surface area contributed by atoms with Crippen molar-refractivity contribution in [1.82, 2.24) is 10.3 Å². The van der Waals surface area contributed by atoms with Crippen molar-refractivity contribution in [3.05, 3.63) is 45.4 Å². The summed E-state index contributed by atoms with van der Waals surface area (Å²) in [6.45, 7) is 1.88. The van der Waals surface area contributed by atoms with Crippen LogP contribution in [0.25, 0.3) is 0 Å². The maximum Gasteiger partial charge on any atom is 0.248 e. The van der Waals surface area contributed by atoms with Crippen LogP contribution >= 0.6 is 27.3 Å². The highest BCUT2D eigenvalue weighted by Crippen LogP contribution is 2.23. The van der Waals surface area contributed by atoms with E-state index in [1.807, 2.05) is 6.92 Å². The first-order valence-electron chi connectivity index (χ1n) is 7.54. The molecule has 0 aliphatic heterocycles. The van der Waals surface area contributed by atoms with E-state index in [-0.39, 0.29) is 17.9 Å². The van der Waals surface area contributed by atoms with Crippen molar-refractivity contribution >= 4 is 44.2 Å². The summed E-state index contributed by atoms with van der Waals surface area (Å²) in [4.78, 5) is 28.4. The van der Waals surface area contributed by atoms with E-state index in [1.165, 1.54) is 11.3 Å². The Morgan fingerprint density at radius 3 is 2.52 bits per heavy atom. The third-order valence-electron chi connectivity index (χ3n) is 3.22. The second-order valence-electron chi connectivity index (χ2n) is 5.32. The van der Waals surface area contributed by atoms with Gasteiger partial charge in [0.2, 0.25) is 11.8 Å². The van der Waals surface area contributed by atoms with Gasteiger partial charge in [0.1, 0.15) is 17.7 Å². The van der Waals surface area contributed by atoms with Crippen molar-refractivity contribution in [2.45, 2.75) is 32.2 Å². The maximum atomic E-state index is 13.2. The average Bonchev–Trinajstić information content (AvgIpc) is 2.90. The zero-order valence-corrected chi connectivity index (χ0v) is 15.7. The molecule has 0 saturated carbocycles. The SMILES string of the molecule is CCCC(NC(=O)Cc1cc(F)cc(F)c1)C(=O)Nc1ncc(Br)s1. The van der Waals surface area contributed by atoms with E-state index in [0.29, 0.717) is 18.0 Å². The Bertz CT molecular complexity index is 749. The van der Waals surface area contributed by atoms with Crippen LogP contribution in [0.15, 0.2) is 28.2 Å². The minimum absolute atomic E-state index is 0.203. The van der Waals surface area contributed by atoms with Crippen LogP contribution in [0, 0.1) is 11.6 Å². The van der Waals surface area contributed by atoms with E-state index in [9.17, 15) is 18.4 Å². The van der Waals surface area contributed by atoms with Crippen LogP contribution in [-0.2, 0) is 16.0 Å². The fourth-order valence-corrected chi connectivity index (χ4v) is 3.32. The Morgan fingerprint density at radius 2 is 1.96 bits per heavy atom. The molecule has 5 nitrogen and oxygen atoms in total. The number of carbonyl (C=O) groups is 2. The lowest BCUT2D eigenvalue weighted by atomic mass is 10.1. The normalized spacial score (nSPS) is 11.8. The minimum atomic E-state index is -0.751. The molecule has 25 heavy (non-hydrogen) atoms. The second-order valence-corrected chi connectivity index (χ2v) is 7.73. The van der Waals surface area contributed by atoms with Crippen LogP contribution in [-0.4, -0.2) is 22.8 Å². The summed E-state index contributed by atoms with van der Waals surface area (Å²) < 4.78 is 27.1. The van der Waals surface area contributed by atoms with E-state index in [1.54, 1.807) is 6.20 Å². The maximum absolute atomic E-state index is 13.2. The summed E-state index contributed by atoms with van der Waals surface area (Å²) in [5.74, 6) is -2.37. The first kappa shape index (κ1) is 19.5. The number of carbonyl (C=O) groups excluding carboxylic acids is 2. The van der Waals surface area contributed by atoms with Crippen molar-refractivity contribution in [2.75, 3.05) is 5.32 Å². The molecule has 1 atom stereocenters. The highest BCUT2D eigenvalue weighted by Gasteiger charge is 2.21. The van der Waals surface area contributed by atoms with Crippen LogP contribution in [0.4, 0.5) is 13.9 Å². The number of halogens is 3. The van der Waals surface area contributed by atoms with E-state index in [2.05, 4.69) is 31.5 Å². The first-order chi connectivity index (χ1) is 11.9. The van der Waals surface area contributed by atoms with Crippen molar-refractivity contribution in [3.63, 3.8) is 0 Å². The number of nitrogens with one attached hydrogen (secondary N) is 2. The lowest BCUT2D eigenvalue weighted by Gasteiger charge is -2.17. The van der Waals surface area contributed by atoms with Gasteiger partial charge in [-0.1, -0.05) is 24.7 Å². The molecule has 0 aliphatic carbocycles. The molecule has 0 radical (unpaired) electrons. The van der Waals surface area contributed by atoms with Gasteiger partial charge in [-0.3, -0.25) is 9.59 Å². The molecule has 134 valence electrons. The van der Waals surface area contributed by atoms with Crippen LogP contribution in [0.5, 0.6) is 0 Å². The number of thiazole rings is 1. The predicted molar refractivity (Wildman–Crippen MR) is 95.3 cm³/mol. The average molecular weight is 432 g/mol. The molecule has 2 rings (SSSR count). The summed E-state index contributed by atoms with van der Waals surface area (Å²) >= 11 is 4.51. The van der Waals surface area contributed by atoms with Gasteiger partial charge in [0.05, 0.1) is 16.4 Å². The lowest BCUT2D eigenvalue weighted by Crippen LogP contribution is -2.44. The standard InChI is InChI=1S/C16H16BrF2N3O2S/c1-2-3-12(15(24)22-16-20-8-13(17)25-16)21-14(23)6-9-4-10(18)7-11(19)5-9/h4-5,7-8,12H,2-3,6H2,1H3,(H,21,23)(H,20,22,24). The molecule has 2 amide bonds. The monoisotopic (exact) mass is 431 g/mol. The zero-order chi connectivity index (χ0) is 18.4. The lowest BCUT2D eigenvalue weighted by molar-refractivity contribution is -0.126. The summed E-state index contributed by atoms with van der Waals surface area (Å²) in [5.41, 5.74) is 0.203. The molecule has 1 aromatic heterocycles. The van der Waals surface area contributed by atoms with E-state index < -0.39 is 23.6 Å². The van der Waals surface area contributed by atoms with Crippen LogP contribution < -0.4 is 10.6 Å². The topological polar surface area (TPSA) is 71.1 Å². The summed E-state index contributed by atoms with van der Waals surface area (Å²) in [6, 6.07) is 2.16. The van der Waals surface area contributed by atoms with Gasteiger partial charge in [-0.05, 0) is 40.0 Å². The molecule has 2 N–H and O–H groups in total. The molecule has 1 heterocycles. The smallest absolute Gasteiger partial charge is 0.248 e. The van der Waals surface area contributed by atoms with Crippen molar-refractivity contribution < 1.29 is 18.4 Å². The molecule has 1 unspecified atom stereocenters. The highest BCUT2D eigenvalue weighted by molar-refractivity contribution is 9.11. The fourth-order valence-electron chi connectivity index (χ4n) is 2.21. The van der Waals surface area contributed by atoms with Crippen LogP contribution in [0.2, 0.25) is 0 Å². The second kappa shape index (κ2) is 9.00. The summed E-state index contributed by atoms with van der Waals surface area (Å²) in [5, 5.41) is 5.66. The Hall–Kier alpha value is -1.87. The quantitative estimate of drug-likeness (QED) is 0.702. The molecule has 0 fully saturated rings. The molecule has 0 bridgehead atoms. The van der Waals surface area contributed by atoms with Gasteiger partial charge in [0.15, 0.2) is 5.13 Å². The first-order valence-corrected chi connectivity index (χ1v) is 9.15. The van der Waals surface area contributed by atoms with E-state index >= 15 is 0 Å². The third kappa shape index (κ3) is 6.17.